The lowest BCUT2D eigenvalue weighted by molar-refractivity contribution is 0.326. The number of aromatic amines is 1. The smallest absolute Gasteiger partial charge is 0.317 e. The van der Waals surface area contributed by atoms with Gasteiger partial charge in [0.25, 0.3) is 5.56 Å². The molecular weight excluding hydrogens is 274 g/mol. The Morgan fingerprint density at radius 2 is 2.10 bits per heavy atom. The molecule has 0 radical (unpaired) electrons. The van der Waals surface area contributed by atoms with Crippen molar-refractivity contribution in [2.24, 2.45) is 5.92 Å². The number of nitrogens with one attached hydrogen (secondary N) is 2. The van der Waals surface area contributed by atoms with E-state index < -0.39 is 0 Å². The Morgan fingerprint density at radius 1 is 1.35 bits per heavy atom. The zero-order valence-electron chi connectivity index (χ0n) is 11.6. The van der Waals surface area contributed by atoms with Gasteiger partial charge in [-0.05, 0) is 44.3 Å². The molecule has 5 nitrogen and oxygen atoms in total. The molecule has 1 aliphatic rings. The molecular formula is C14H19N3O2S. The zero-order chi connectivity index (χ0) is 14.1. The summed E-state index contributed by atoms with van der Waals surface area (Å²) in [6, 6.07) is 1.91. The van der Waals surface area contributed by atoms with Crippen molar-refractivity contribution in [1.29, 1.82) is 0 Å². The fraction of sp³-hybridized carbons (Fsp3) is 0.571. The normalized spacial score (nSPS) is 16.9. The van der Waals surface area contributed by atoms with Gasteiger partial charge in [-0.25, -0.2) is 4.79 Å². The molecule has 1 saturated heterocycles. The van der Waals surface area contributed by atoms with Crippen molar-refractivity contribution in [2.75, 3.05) is 13.1 Å². The van der Waals surface area contributed by atoms with Gasteiger partial charge in [0.1, 0.15) is 4.83 Å². The number of hydrogen-bond acceptors (Lipinski definition) is 4. The molecule has 1 fully saturated rings. The molecule has 2 N–H and O–H groups in total. The first-order chi connectivity index (χ1) is 9.69. The molecule has 2 aromatic heterocycles. The summed E-state index contributed by atoms with van der Waals surface area (Å²) in [5.41, 5.74) is -0.413. The highest BCUT2D eigenvalue weighted by Gasteiger charge is 2.17. The molecule has 0 bridgehead atoms. The summed E-state index contributed by atoms with van der Waals surface area (Å²) in [7, 11) is 0. The van der Waals surface area contributed by atoms with Crippen molar-refractivity contribution < 1.29 is 0 Å². The summed E-state index contributed by atoms with van der Waals surface area (Å²) in [6.45, 7) is 4.52. The van der Waals surface area contributed by atoms with Crippen LogP contribution in [0.4, 0.5) is 0 Å². The third-order valence-electron chi connectivity index (χ3n) is 3.97. The lowest BCUT2D eigenvalue weighted by atomic mass is 9.98. The molecule has 0 aromatic carbocycles. The van der Waals surface area contributed by atoms with Gasteiger partial charge in [0, 0.05) is 11.4 Å². The van der Waals surface area contributed by atoms with Gasteiger partial charge in [-0.15, -0.1) is 11.3 Å². The Balaban J connectivity index is 2.01. The number of aromatic nitrogens is 2. The van der Waals surface area contributed by atoms with Crippen molar-refractivity contribution in [1.82, 2.24) is 14.9 Å². The van der Waals surface area contributed by atoms with E-state index in [0.717, 1.165) is 37.2 Å². The van der Waals surface area contributed by atoms with Gasteiger partial charge < -0.3 is 5.32 Å². The molecule has 108 valence electrons. The fourth-order valence-electron chi connectivity index (χ4n) is 2.76. The Hall–Kier alpha value is -1.40. The van der Waals surface area contributed by atoms with Crippen molar-refractivity contribution in [3.8, 4) is 0 Å². The van der Waals surface area contributed by atoms with E-state index in [9.17, 15) is 9.59 Å². The van der Waals surface area contributed by atoms with Crippen molar-refractivity contribution in [2.45, 2.75) is 32.7 Å². The standard InChI is InChI=1S/C14H19N3O2S/c1-2-10-7-11-12(20-10)16-14(19)17(13(11)18)8-9-3-5-15-6-4-9/h7,9,15H,2-6,8H2,1H3,(H,16,19). The maximum atomic E-state index is 12.5. The van der Waals surface area contributed by atoms with E-state index in [1.165, 1.54) is 15.9 Å². The maximum Gasteiger partial charge on any atom is 0.329 e. The molecule has 0 saturated carbocycles. The minimum atomic E-state index is -0.273. The lowest BCUT2D eigenvalue weighted by Crippen LogP contribution is -2.39. The number of thiophene rings is 1. The maximum absolute atomic E-state index is 12.5. The number of nitrogens with zero attached hydrogens (tertiary/aromatic N) is 1. The molecule has 2 aromatic rings. The number of fused-ring (bicyclic) bond motifs is 1. The zero-order valence-corrected chi connectivity index (χ0v) is 12.4. The highest BCUT2D eigenvalue weighted by atomic mass is 32.1. The van der Waals surface area contributed by atoms with Crippen LogP contribution >= 0.6 is 11.3 Å². The first kappa shape index (κ1) is 13.6. The molecule has 20 heavy (non-hydrogen) atoms. The van der Waals surface area contributed by atoms with Crippen molar-refractivity contribution in [3.05, 3.63) is 31.8 Å². The summed E-state index contributed by atoms with van der Waals surface area (Å²) in [6.07, 6.45) is 2.93. The number of H-pyrrole nitrogens is 1. The van der Waals surface area contributed by atoms with E-state index in [1.807, 2.05) is 6.07 Å². The summed E-state index contributed by atoms with van der Waals surface area (Å²) >= 11 is 1.50. The van der Waals surface area contributed by atoms with Crippen LogP contribution in [-0.4, -0.2) is 22.6 Å². The first-order valence-electron chi connectivity index (χ1n) is 7.15. The van der Waals surface area contributed by atoms with E-state index in [4.69, 9.17) is 0 Å². The Morgan fingerprint density at radius 3 is 2.80 bits per heavy atom. The summed E-state index contributed by atoms with van der Waals surface area (Å²) in [5.74, 6) is 0.414. The highest BCUT2D eigenvalue weighted by molar-refractivity contribution is 7.18. The average Bonchev–Trinajstić information content (AvgIpc) is 2.88. The Kier molecular flexibility index (Phi) is 3.76. The molecule has 1 aliphatic heterocycles. The van der Waals surface area contributed by atoms with Crippen LogP contribution in [0, 0.1) is 5.92 Å². The van der Waals surface area contributed by atoms with Crippen LogP contribution in [0.1, 0.15) is 24.6 Å². The van der Waals surface area contributed by atoms with E-state index in [2.05, 4.69) is 17.2 Å². The second-order valence-corrected chi connectivity index (χ2v) is 6.49. The Labute approximate surface area is 120 Å². The number of hydrogen-bond donors (Lipinski definition) is 2. The van der Waals surface area contributed by atoms with Gasteiger partial charge in [0.15, 0.2) is 0 Å². The second-order valence-electron chi connectivity index (χ2n) is 5.35. The molecule has 0 aliphatic carbocycles. The topological polar surface area (TPSA) is 66.9 Å². The van der Waals surface area contributed by atoms with Crippen LogP contribution in [0.2, 0.25) is 0 Å². The van der Waals surface area contributed by atoms with Crippen molar-refractivity contribution in [3.63, 3.8) is 0 Å². The minimum absolute atomic E-state index is 0.141. The third kappa shape index (κ3) is 2.45. The van der Waals surface area contributed by atoms with Crippen molar-refractivity contribution >= 4 is 21.6 Å². The molecule has 3 rings (SSSR count). The van der Waals surface area contributed by atoms with E-state index in [0.29, 0.717) is 22.7 Å². The van der Waals surface area contributed by atoms with Crippen LogP contribution in [0.3, 0.4) is 0 Å². The summed E-state index contributed by atoms with van der Waals surface area (Å²) in [4.78, 5) is 29.3. The van der Waals surface area contributed by atoms with Crippen LogP contribution in [-0.2, 0) is 13.0 Å². The van der Waals surface area contributed by atoms with Crippen LogP contribution < -0.4 is 16.6 Å². The predicted molar refractivity (Wildman–Crippen MR) is 81.7 cm³/mol. The second kappa shape index (κ2) is 5.54. The molecule has 0 atom stereocenters. The molecule has 0 amide bonds. The highest BCUT2D eigenvalue weighted by Crippen LogP contribution is 2.20. The quantitative estimate of drug-likeness (QED) is 0.897. The van der Waals surface area contributed by atoms with Gasteiger partial charge in [0.2, 0.25) is 0 Å². The number of rotatable bonds is 3. The van der Waals surface area contributed by atoms with Gasteiger partial charge in [0.05, 0.1) is 5.39 Å². The van der Waals surface area contributed by atoms with Crippen LogP contribution in [0.15, 0.2) is 15.7 Å². The summed E-state index contributed by atoms with van der Waals surface area (Å²) in [5, 5.41) is 3.95. The molecule has 0 unspecified atom stereocenters. The van der Waals surface area contributed by atoms with Gasteiger partial charge in [-0.2, -0.15) is 0 Å². The predicted octanol–water partition coefficient (Wildman–Crippen LogP) is 1.31. The largest absolute Gasteiger partial charge is 0.329 e. The number of aryl methyl sites for hydroxylation is 1. The monoisotopic (exact) mass is 293 g/mol. The van der Waals surface area contributed by atoms with Crippen LogP contribution in [0.25, 0.3) is 10.2 Å². The van der Waals surface area contributed by atoms with E-state index in [-0.39, 0.29) is 11.2 Å². The minimum Gasteiger partial charge on any atom is -0.317 e. The lowest BCUT2D eigenvalue weighted by Gasteiger charge is -2.22. The number of piperidine rings is 1. The molecule has 0 spiro atoms. The third-order valence-corrected chi connectivity index (χ3v) is 5.17. The molecule has 6 heteroatoms. The van der Waals surface area contributed by atoms with Gasteiger partial charge in [-0.1, -0.05) is 6.92 Å². The molecule has 3 heterocycles. The first-order valence-corrected chi connectivity index (χ1v) is 7.97. The fourth-order valence-corrected chi connectivity index (χ4v) is 3.74. The Bertz CT molecular complexity index is 722. The van der Waals surface area contributed by atoms with Gasteiger partial charge in [-0.3, -0.25) is 14.3 Å². The van der Waals surface area contributed by atoms with E-state index >= 15 is 0 Å². The van der Waals surface area contributed by atoms with E-state index in [1.54, 1.807) is 0 Å². The van der Waals surface area contributed by atoms with Crippen LogP contribution in [0.5, 0.6) is 0 Å². The average molecular weight is 293 g/mol. The van der Waals surface area contributed by atoms with Gasteiger partial charge >= 0.3 is 5.69 Å². The summed E-state index contributed by atoms with van der Waals surface area (Å²) < 4.78 is 1.38. The SMILES string of the molecule is CCc1cc2c(=O)n(CC3CCNCC3)c(=O)[nH]c2s1.